The summed E-state index contributed by atoms with van der Waals surface area (Å²) in [6.45, 7) is 11.7. The summed E-state index contributed by atoms with van der Waals surface area (Å²) in [6, 6.07) is 20.6. The molecule has 0 radical (unpaired) electrons. The van der Waals surface area contributed by atoms with Crippen molar-refractivity contribution in [3.8, 4) is 51.0 Å². The molecule has 34 nitrogen and oxygen atoms in total. The molecule has 113 heavy (non-hydrogen) atoms. The fourth-order valence-corrected chi connectivity index (χ4v) is 16.0. The average Bonchev–Trinajstić information content (AvgIpc) is 1.35. The van der Waals surface area contributed by atoms with Gasteiger partial charge in [0.05, 0.1) is 95.8 Å². The number of sulfonamides is 3. The number of nitrogens with one attached hydrogen (secondary N) is 6. The minimum absolute atomic E-state index is 0.0621. The summed E-state index contributed by atoms with van der Waals surface area (Å²) in [5, 5.41) is 15.5. The van der Waals surface area contributed by atoms with Crippen molar-refractivity contribution in [2.45, 2.75) is 82.8 Å². The third-order valence-electron chi connectivity index (χ3n) is 17.6. The van der Waals surface area contributed by atoms with E-state index in [0.717, 1.165) is 0 Å². The maximum absolute atomic E-state index is 14.3. The molecule has 8 heterocycles. The number of hydrogen-bond donors (Lipinski definition) is 6. The lowest BCUT2D eigenvalue weighted by Gasteiger charge is -2.14. The lowest BCUT2D eigenvalue weighted by atomic mass is 10.0. The molecular weight excluding hydrogens is 1560 g/mol. The molecule has 0 aliphatic rings. The molecule has 0 unspecified atom stereocenters. The molecule has 0 saturated heterocycles. The number of fused-ring (bicyclic) bond motifs is 3. The number of pyridine rings is 3. The molecule has 0 aliphatic heterocycles. The topological polar surface area (TPSA) is 449 Å². The van der Waals surface area contributed by atoms with E-state index in [1.807, 2.05) is 0 Å². The lowest BCUT2D eigenvalue weighted by Crippen LogP contribution is -2.32. The monoisotopic (exact) mass is 1630 g/mol. The van der Waals surface area contributed by atoms with Gasteiger partial charge in [0.25, 0.3) is 46.7 Å². The third kappa shape index (κ3) is 18.2. The van der Waals surface area contributed by atoms with Crippen LogP contribution in [0.15, 0.2) is 161 Å². The zero-order valence-corrected chi connectivity index (χ0v) is 65.8. The maximum Gasteiger partial charge on any atom is 0.267 e. The Balaban J connectivity index is 0.000000180. The van der Waals surface area contributed by atoms with Crippen LogP contribution in [-0.2, 0) is 64.1 Å². The maximum atomic E-state index is 14.3. The predicted molar refractivity (Wildman–Crippen MR) is 413 cm³/mol. The molecular formula is C73H74ClF2N17O17S3. The minimum Gasteiger partial charge on any atom is -0.480 e. The molecule has 592 valence electrons. The number of carbonyl (C=O) groups excluding carboxylic acids is 3. The molecule has 12 rings (SSSR count). The number of nitrogens with zero attached hydrogens (tertiary/aromatic N) is 11. The summed E-state index contributed by atoms with van der Waals surface area (Å²) in [6.07, 6.45) is 8.62. The van der Waals surface area contributed by atoms with Gasteiger partial charge in [0, 0.05) is 82.1 Å². The van der Waals surface area contributed by atoms with Crippen LogP contribution >= 0.6 is 11.6 Å². The summed E-state index contributed by atoms with van der Waals surface area (Å²) in [4.78, 5) is 99.7. The van der Waals surface area contributed by atoms with Crippen LogP contribution in [0, 0.1) is 57.1 Å². The van der Waals surface area contributed by atoms with Crippen LogP contribution in [0.3, 0.4) is 0 Å². The summed E-state index contributed by atoms with van der Waals surface area (Å²) < 4.78 is 143. The molecule has 8 aromatic heterocycles. The number of benzene rings is 4. The van der Waals surface area contributed by atoms with Crippen molar-refractivity contribution in [2.75, 3.05) is 56.6 Å². The summed E-state index contributed by atoms with van der Waals surface area (Å²) in [5.41, 5.74) is 4.07. The molecule has 40 heteroatoms. The number of aryl methyl sites for hydroxylation is 4. The molecule has 4 aromatic carbocycles. The van der Waals surface area contributed by atoms with Crippen molar-refractivity contribution < 1.29 is 71.7 Å². The average molecular weight is 1630 g/mol. The van der Waals surface area contributed by atoms with Gasteiger partial charge in [0.15, 0.2) is 21.3 Å². The second kappa shape index (κ2) is 34.3. The molecule has 0 saturated carbocycles. The third-order valence-corrected chi connectivity index (χ3v) is 22.5. The highest BCUT2D eigenvalue weighted by atomic mass is 35.5. The van der Waals surface area contributed by atoms with Gasteiger partial charge in [-0.25, -0.2) is 63.9 Å². The first kappa shape index (κ1) is 82.9. The fraction of sp³-hybridized carbons (Fsp3) is 0.260. The van der Waals surface area contributed by atoms with Crippen LogP contribution < -0.4 is 61.0 Å². The number of rotatable bonds is 24. The van der Waals surface area contributed by atoms with E-state index in [2.05, 4.69) is 70.3 Å². The van der Waals surface area contributed by atoms with E-state index in [9.17, 15) is 62.8 Å². The number of methoxy groups -OCH3 is 3. The normalized spacial score (nSPS) is 12.3. The lowest BCUT2D eigenvalue weighted by molar-refractivity contribution is -0.125. The number of aromatic nitrogens is 11. The number of carbonyl (C=O) groups is 3. The summed E-state index contributed by atoms with van der Waals surface area (Å²) >= 11 is 5.66. The van der Waals surface area contributed by atoms with Crippen LogP contribution in [-0.4, -0.2) is 139 Å². The Morgan fingerprint density at radius 3 is 1.04 bits per heavy atom. The number of anilines is 3. The Kier molecular flexibility index (Phi) is 25.2. The van der Waals surface area contributed by atoms with Gasteiger partial charge in [0.1, 0.15) is 45.0 Å². The van der Waals surface area contributed by atoms with Crippen molar-refractivity contribution >= 4 is 109 Å². The Morgan fingerprint density at radius 1 is 0.451 bits per heavy atom. The van der Waals surface area contributed by atoms with Crippen molar-refractivity contribution in [3.05, 3.63) is 193 Å². The van der Waals surface area contributed by atoms with Gasteiger partial charge in [-0.2, -0.15) is 0 Å². The predicted octanol–water partition coefficient (Wildman–Crippen LogP) is 8.09. The number of halogens is 3. The van der Waals surface area contributed by atoms with Crippen molar-refractivity contribution in [3.63, 3.8) is 0 Å². The number of amides is 3. The van der Waals surface area contributed by atoms with Crippen LogP contribution in [0.1, 0.15) is 43.7 Å². The first-order valence-electron chi connectivity index (χ1n) is 33.9. The van der Waals surface area contributed by atoms with E-state index in [1.165, 1.54) is 128 Å². The van der Waals surface area contributed by atoms with Crippen LogP contribution in [0.5, 0.6) is 17.6 Å². The highest BCUT2D eigenvalue weighted by Crippen LogP contribution is 2.37. The van der Waals surface area contributed by atoms with Gasteiger partial charge >= 0.3 is 0 Å². The van der Waals surface area contributed by atoms with E-state index in [-0.39, 0.29) is 127 Å². The molecule has 6 N–H and O–H groups in total. The van der Waals surface area contributed by atoms with E-state index in [0.29, 0.717) is 72.8 Å². The van der Waals surface area contributed by atoms with Crippen molar-refractivity contribution in [2.24, 2.45) is 17.8 Å². The fourth-order valence-electron chi connectivity index (χ4n) is 11.8. The number of hydrogen-bond acceptors (Lipinski definition) is 25. The van der Waals surface area contributed by atoms with Gasteiger partial charge in [-0.15, -0.1) is 0 Å². The Bertz CT molecular complexity index is 6000. The van der Waals surface area contributed by atoms with Crippen molar-refractivity contribution in [1.82, 2.24) is 69.9 Å². The van der Waals surface area contributed by atoms with Crippen LogP contribution in [0.2, 0.25) is 5.02 Å². The molecule has 3 atom stereocenters. The SMILES string of the molecule is CNC(=O)[C@@H](C)Cn1cnc2ccc(-c3cnc(OC)c(NS(=O)(=O)c4c(C)noc4C)c3)cc2c1=O.CNC(=O)[C@@H](C)Cn1cnc2ccc(-c3cnc(OC)c(NS(=O)(=O)c4cc(Cl)c(F)cc4F)c3)cc2c1=O.CNC(=O)[C@H](C)Cn1cnc2ccc(-c3cnc(OC)c(NS(=O)(=O)c4c(C)noc4C)c3)cc2c1=O. The van der Waals surface area contributed by atoms with Crippen LogP contribution in [0.4, 0.5) is 25.8 Å². The smallest absolute Gasteiger partial charge is 0.267 e. The molecule has 3 amide bonds. The highest BCUT2D eigenvalue weighted by Gasteiger charge is 2.30. The van der Waals surface area contributed by atoms with E-state index in [1.54, 1.807) is 87.5 Å². The number of ether oxygens (including phenoxy) is 3. The molecule has 0 fully saturated rings. The molecule has 0 aliphatic carbocycles. The second-order valence-electron chi connectivity index (χ2n) is 25.5. The Hall–Kier alpha value is -12.6. The zero-order valence-electron chi connectivity index (χ0n) is 62.6. The van der Waals surface area contributed by atoms with Crippen molar-refractivity contribution in [1.29, 1.82) is 0 Å². The first-order chi connectivity index (χ1) is 53.5. The Morgan fingerprint density at radius 2 is 0.761 bits per heavy atom. The quantitative estimate of drug-likeness (QED) is 0.0311. The van der Waals surface area contributed by atoms with E-state index < -0.39 is 69.4 Å². The molecule has 12 aromatic rings. The van der Waals surface area contributed by atoms with Gasteiger partial charge in [-0.05, 0) is 105 Å². The van der Waals surface area contributed by atoms with E-state index >= 15 is 0 Å². The summed E-state index contributed by atoms with van der Waals surface area (Å²) in [7, 11) is -4.08. The van der Waals surface area contributed by atoms with Crippen LogP contribution in [0.25, 0.3) is 66.1 Å². The highest BCUT2D eigenvalue weighted by molar-refractivity contribution is 7.93. The summed E-state index contributed by atoms with van der Waals surface area (Å²) in [5.74, 6) is -4.06. The minimum atomic E-state index is -4.57. The van der Waals surface area contributed by atoms with Gasteiger partial charge in [0.2, 0.25) is 35.4 Å². The van der Waals surface area contributed by atoms with Gasteiger partial charge < -0.3 is 39.2 Å². The first-order valence-corrected chi connectivity index (χ1v) is 38.7. The van der Waals surface area contributed by atoms with Gasteiger partial charge in [-0.1, -0.05) is 60.9 Å². The van der Waals surface area contributed by atoms with Gasteiger partial charge in [-0.3, -0.25) is 56.6 Å². The zero-order chi connectivity index (χ0) is 82.3. The molecule has 0 spiro atoms. The molecule has 0 bridgehead atoms. The Labute approximate surface area is 648 Å². The largest absolute Gasteiger partial charge is 0.480 e. The van der Waals surface area contributed by atoms with E-state index in [4.69, 9.17) is 34.9 Å². The second-order valence-corrected chi connectivity index (χ2v) is 30.8. The standard InChI is InChI=1S/C25H22ClF2N5O5S.2C24H26N6O6S/c1-13(23(34)29-2)11-33-12-31-20-5-4-14(6-16(20)25(33)35)15-7-21(24(38-3)30-10-15)32-39(36,37)22-8-17(26)18(27)9-19(22)28;2*1-13(22(31)25-4)11-30-12-27-19-7-6-16(8-18(19)24(30)32)17-9-20(23(35-5)26-10-17)29-37(33,34)21-14(2)28-36-15(21)3/h4-10,12-13,32H,11H2,1-3H3,(H,29,34);2*6-10,12-13,29H,11H2,1-5H3,(H,25,31)/t3*13-/m010/s1.